The van der Waals surface area contributed by atoms with Crippen molar-refractivity contribution in [3.63, 3.8) is 0 Å². The van der Waals surface area contributed by atoms with Crippen LogP contribution in [-0.4, -0.2) is 276 Å². The second-order valence-electron chi connectivity index (χ2n) is 33.0. The van der Waals surface area contributed by atoms with E-state index in [9.17, 15) is 43.8 Å². The first-order valence-electron chi connectivity index (χ1n) is 43.8. The second kappa shape index (κ2) is 51.1. The SMILES string of the molecule is COC(=O)N[C@H]1C[C@@H]2CC[C@@H](C)[C@@](O)(O2)C(=O)C(=O)N2CCCC[C@H]2C(=O)O[C@H]([C@H](C)C[C@@H]2CC[C@@H](OCCCCc3cn(CCOCCOCCOCCOCCOCCOCCC(=O)NCCCCn4nc(-c5cnc6[nH]ccc6c5)c5c(N)ncnc54)nn3)[C@H](OC)C2)CC(=O)[C@H](C)/C=C(\C)[C@@H](O)[C@@H](OC)C(=O)[C@H](C)C[C@H](C)/C=C/C=C/C=C/1C. The molecule has 3 fully saturated rings. The number of alkyl carbamates (subject to hydrolysis) is 1. The number of methoxy groups -OCH3 is 3. The van der Waals surface area contributed by atoms with Crippen LogP contribution in [0, 0.1) is 35.5 Å². The maximum absolute atomic E-state index is 14.8. The number of carbonyl (C=O) groups excluding carboxylic acids is 7. The van der Waals surface area contributed by atoms with Crippen LogP contribution in [0.4, 0.5) is 10.6 Å². The average Bonchev–Trinajstić information content (AvgIpc) is 1.65. The van der Waals surface area contributed by atoms with Crippen molar-refractivity contribution < 1.29 is 101 Å². The van der Waals surface area contributed by atoms with Crippen molar-refractivity contribution in [1.82, 2.24) is 60.2 Å². The van der Waals surface area contributed by atoms with Crippen molar-refractivity contribution in [2.24, 2.45) is 35.5 Å². The molecule has 1 aliphatic carbocycles. The molecule has 0 unspecified atom stereocenters. The van der Waals surface area contributed by atoms with Crippen LogP contribution in [0.25, 0.3) is 33.3 Å². The number of unbranched alkanes of at least 4 members (excludes halogenated alkanes) is 2. The van der Waals surface area contributed by atoms with E-state index < -0.39 is 89.7 Å². The maximum Gasteiger partial charge on any atom is 0.407 e. The van der Waals surface area contributed by atoms with E-state index in [1.165, 1.54) is 25.4 Å². The Hall–Kier alpha value is -8.65. The molecule has 3 amide bonds. The fourth-order valence-electron chi connectivity index (χ4n) is 16.3. The van der Waals surface area contributed by atoms with E-state index in [2.05, 4.69) is 40.9 Å². The van der Waals surface area contributed by atoms with Gasteiger partial charge in [-0.05, 0) is 152 Å². The summed E-state index contributed by atoms with van der Waals surface area (Å²) in [6, 6.07) is 2.07. The van der Waals surface area contributed by atoms with Gasteiger partial charge in [0, 0.05) is 101 Å². The molecule has 3 aliphatic heterocycles. The largest absolute Gasteiger partial charge is 0.460 e. The lowest BCUT2D eigenvalue weighted by atomic mass is 9.78. The van der Waals surface area contributed by atoms with Crippen LogP contribution >= 0.6 is 0 Å². The second-order valence-corrected chi connectivity index (χ2v) is 33.0. The van der Waals surface area contributed by atoms with Crippen LogP contribution in [0.3, 0.4) is 0 Å². The zero-order chi connectivity index (χ0) is 88.2. The van der Waals surface area contributed by atoms with Gasteiger partial charge in [0.1, 0.15) is 53.6 Å². The maximum atomic E-state index is 14.8. The number of pyridine rings is 1. The molecule has 7 N–H and O–H groups in total. The molecule has 2 bridgehead atoms. The topological polar surface area (TPSA) is 427 Å². The van der Waals surface area contributed by atoms with Gasteiger partial charge in [0.25, 0.3) is 11.7 Å². The molecule has 1 saturated carbocycles. The van der Waals surface area contributed by atoms with Crippen LogP contribution in [-0.2, 0) is 105 Å². The number of aryl methyl sites for hydroxylation is 2. The van der Waals surface area contributed by atoms with Crippen molar-refractivity contribution in [3.05, 3.63) is 90.3 Å². The number of fused-ring (bicyclic) bond motifs is 5. The van der Waals surface area contributed by atoms with E-state index in [1.54, 1.807) is 57.8 Å². The number of allylic oxidation sites excluding steroid dienone is 6. The summed E-state index contributed by atoms with van der Waals surface area (Å²) in [6.07, 6.45) is 21.4. The van der Waals surface area contributed by atoms with Crippen LogP contribution < -0.4 is 16.4 Å². The number of aliphatic hydroxyl groups excluding tert-OH is 1. The van der Waals surface area contributed by atoms with Gasteiger partial charge in [-0.25, -0.2) is 33.9 Å². The van der Waals surface area contributed by atoms with Gasteiger partial charge in [0.2, 0.25) is 11.7 Å². The first-order chi connectivity index (χ1) is 59.4. The fourth-order valence-corrected chi connectivity index (χ4v) is 16.3. The third-order valence-electron chi connectivity index (χ3n) is 23.6. The number of aromatic amines is 1. The Balaban J connectivity index is 0.631. The normalized spacial score (nSPS) is 26.9. The highest BCUT2D eigenvalue weighted by atomic mass is 16.6. The minimum atomic E-state index is -2.56. The molecule has 8 heterocycles. The number of nitrogens with two attached hydrogens (primary N) is 1. The number of nitrogen functional groups attached to an aromatic ring is 1. The van der Waals surface area contributed by atoms with Gasteiger partial charge in [-0.3, -0.25) is 24.0 Å². The summed E-state index contributed by atoms with van der Waals surface area (Å²) in [5.41, 5.74) is 11.2. The highest BCUT2D eigenvalue weighted by Crippen LogP contribution is 2.39. The Bertz CT molecular complexity index is 4280. The van der Waals surface area contributed by atoms with Crippen molar-refractivity contribution in [3.8, 4) is 11.3 Å². The van der Waals surface area contributed by atoms with E-state index in [-0.39, 0.29) is 73.7 Å². The lowest BCUT2D eigenvalue weighted by molar-refractivity contribution is -0.264. The summed E-state index contributed by atoms with van der Waals surface area (Å²) in [4.78, 5) is 115. The van der Waals surface area contributed by atoms with Crippen LogP contribution in [0.2, 0.25) is 0 Å². The molecule has 0 spiro atoms. The monoisotopic (exact) mass is 1720 g/mol. The number of rotatable bonds is 39. The lowest BCUT2D eigenvalue weighted by Crippen LogP contribution is -2.61. The molecular weight excluding hydrogens is 1590 g/mol. The standard InChI is InChI=1S/C89H133N13O21/c1-58-20-12-11-13-21-59(2)70(96-88(110)114-10)53-69-26-24-64(7)89(111,123-69)82(107)86(108)101-32-17-14-23-71(101)87(109)122-74(54-72(103)60(3)49-63(6)80(106)81(113-9)79(105)62(5)48-58)61(4)50-65-25-27-73(75(51-65)112-8)121-35-19-15-22-68-56-100(99-97-68)34-37-116-39-41-118-43-45-120-47-46-119-44-42-117-40-38-115-36-29-76(104)91-30-16-18-33-102-85-77(83(90)94-57-95-85)78(98-102)67-52-66-28-31-92-84(66)93-55-67/h11-13,20-21,28,31,49,52,55-58,60-62,64-65,69-71,73-75,80-81,106,111H,14-19,22-27,29-30,32-48,50-51,53-54H2,1-10H3,(H,91,104)(H,92,93)(H,96,110)(H2,90,94,95)/b13-11+,20-12+,59-21+,63-49+/t58-,60-,61-,62-,64-,65+,69+,70+,71+,73-,74+,75-,80-,81+,89-/m1/s1. The minimum Gasteiger partial charge on any atom is -0.460 e. The van der Waals surface area contributed by atoms with E-state index in [0.717, 1.165) is 60.8 Å². The number of Topliss-reactive ketones (excluding diaryl/α,β-unsaturated/α-hetero) is 3. The molecule has 5 aromatic rings. The van der Waals surface area contributed by atoms with E-state index in [1.807, 2.05) is 74.3 Å². The van der Waals surface area contributed by atoms with Crippen molar-refractivity contribution in [2.45, 2.75) is 232 Å². The van der Waals surface area contributed by atoms with Gasteiger partial charge < -0.3 is 93.3 Å². The number of H-pyrrole nitrogens is 1. The molecule has 4 aliphatic rings. The summed E-state index contributed by atoms with van der Waals surface area (Å²) in [6.45, 7) is 19.5. The summed E-state index contributed by atoms with van der Waals surface area (Å²) in [5.74, 6) is -8.44. The van der Waals surface area contributed by atoms with E-state index in [4.69, 9.17) is 67.7 Å². The number of anilines is 1. The molecule has 2 saturated heterocycles. The predicted octanol–water partition coefficient (Wildman–Crippen LogP) is 8.88. The minimum absolute atomic E-state index is 0.0263. The highest BCUT2D eigenvalue weighted by Gasteiger charge is 2.53. The quantitative estimate of drug-likeness (QED) is 0.00925. The van der Waals surface area contributed by atoms with Crippen LogP contribution in [0.1, 0.15) is 163 Å². The number of amides is 3. The van der Waals surface area contributed by atoms with Gasteiger partial charge in [-0.1, -0.05) is 81.9 Å². The number of ether oxygens (including phenoxy) is 12. The summed E-state index contributed by atoms with van der Waals surface area (Å²) in [5, 5.41) is 44.8. The molecule has 34 nitrogen and oxygen atoms in total. The Kier molecular flexibility index (Phi) is 40.8. The number of aromatic nitrogens is 9. The Morgan fingerprint density at radius 1 is 0.772 bits per heavy atom. The van der Waals surface area contributed by atoms with Crippen LogP contribution in [0.5, 0.6) is 0 Å². The van der Waals surface area contributed by atoms with E-state index >= 15 is 0 Å². The zero-order valence-electron chi connectivity index (χ0n) is 73.5. The molecule has 0 radical (unpaired) electrons. The van der Waals surface area contributed by atoms with Gasteiger partial charge in [0.05, 0.1) is 128 Å². The Morgan fingerprint density at radius 2 is 1.50 bits per heavy atom. The molecule has 9 rings (SSSR count). The molecular formula is C89H133N13O21. The third kappa shape index (κ3) is 30.0. The summed E-state index contributed by atoms with van der Waals surface area (Å²) < 4.78 is 73.3. The number of piperidine rings is 1. The number of hydrogen-bond acceptors (Lipinski definition) is 28. The Labute approximate surface area is 721 Å². The summed E-state index contributed by atoms with van der Waals surface area (Å²) in [7, 11) is 4.29. The zero-order valence-corrected chi connectivity index (χ0v) is 73.5. The smallest absolute Gasteiger partial charge is 0.407 e. The number of cyclic esters (lactones) is 1. The highest BCUT2D eigenvalue weighted by molar-refractivity contribution is 6.39. The van der Waals surface area contributed by atoms with Gasteiger partial charge in [0.15, 0.2) is 11.4 Å². The number of aliphatic hydroxyl groups is 2. The van der Waals surface area contributed by atoms with Gasteiger partial charge in [-0.15, -0.1) is 5.10 Å². The molecule has 123 heavy (non-hydrogen) atoms. The number of hydrogen-bond donors (Lipinski definition) is 6. The molecule has 0 aromatic carbocycles. The van der Waals surface area contributed by atoms with Crippen molar-refractivity contribution in [2.75, 3.05) is 126 Å². The molecule has 15 atom stereocenters. The lowest BCUT2D eigenvalue weighted by Gasteiger charge is -2.43. The number of esters is 1. The first kappa shape index (κ1) is 98.1. The molecule has 34 heteroatoms. The number of nitrogens with one attached hydrogen (secondary N) is 3. The average molecular weight is 1720 g/mol. The fraction of sp³-hybridized carbons (Fsp3) is 0.674. The first-order valence-corrected chi connectivity index (χ1v) is 43.8. The predicted molar refractivity (Wildman–Crippen MR) is 457 cm³/mol. The molecule has 5 aromatic heterocycles. The third-order valence-corrected chi connectivity index (χ3v) is 23.6. The van der Waals surface area contributed by atoms with Gasteiger partial charge >= 0.3 is 12.1 Å². The molecule has 680 valence electrons. The van der Waals surface area contributed by atoms with Crippen LogP contribution in [0.15, 0.2) is 84.7 Å². The van der Waals surface area contributed by atoms with E-state index in [0.29, 0.717) is 191 Å². The van der Waals surface area contributed by atoms with Crippen molar-refractivity contribution >= 4 is 69.1 Å². The number of ketones is 3. The van der Waals surface area contributed by atoms with Gasteiger partial charge in [-0.2, -0.15) is 5.10 Å². The number of nitrogens with zero attached hydrogens (tertiary/aromatic N) is 9. The van der Waals surface area contributed by atoms with Crippen molar-refractivity contribution in [1.29, 1.82) is 0 Å². The summed E-state index contributed by atoms with van der Waals surface area (Å²) >= 11 is 0. The Morgan fingerprint density at radius 3 is 2.21 bits per heavy atom. The number of carbonyl (C=O) groups is 7.